The second-order valence-electron chi connectivity index (χ2n) is 13.5. The molecule has 2 aliphatic carbocycles. The van der Waals surface area contributed by atoms with Crippen LogP contribution in [0.15, 0.2) is 64.1 Å². The van der Waals surface area contributed by atoms with Crippen molar-refractivity contribution in [3.8, 4) is 17.1 Å². The fourth-order valence-corrected chi connectivity index (χ4v) is 8.48. The van der Waals surface area contributed by atoms with Crippen LogP contribution in [0.4, 0.5) is 4.39 Å². The van der Waals surface area contributed by atoms with Crippen LogP contribution >= 0.6 is 0 Å². The first kappa shape index (κ1) is 31.0. The van der Waals surface area contributed by atoms with Gasteiger partial charge in [0, 0.05) is 42.3 Å². The number of aliphatic hydroxyl groups is 1. The van der Waals surface area contributed by atoms with Crippen molar-refractivity contribution in [2.45, 2.75) is 71.7 Å². The number of nitrogens with zero attached hydrogens (tertiary/aromatic N) is 1. The fourth-order valence-electron chi connectivity index (χ4n) is 8.48. The van der Waals surface area contributed by atoms with E-state index >= 15 is 0 Å². The van der Waals surface area contributed by atoms with Gasteiger partial charge in [0.1, 0.15) is 34.6 Å². The Labute approximate surface area is 260 Å². The number of aliphatic hydroxyl groups excluding tert-OH is 1. The van der Waals surface area contributed by atoms with Gasteiger partial charge in [0.25, 0.3) is 0 Å². The number of carbonyl (C=O) groups excluding carboxylic acids is 2. The highest BCUT2D eigenvalue weighted by atomic mass is 19.1. The molecule has 0 radical (unpaired) electrons. The predicted molar refractivity (Wildman–Crippen MR) is 161 cm³/mol. The number of hydrogen-bond donors (Lipinski definition) is 1. The van der Waals surface area contributed by atoms with E-state index in [0.717, 1.165) is 6.42 Å². The molecule has 1 N–H and O–H groups in total. The van der Waals surface area contributed by atoms with Crippen LogP contribution in [0.1, 0.15) is 75.9 Å². The molecular formula is C35H38FNO8. The van der Waals surface area contributed by atoms with Crippen LogP contribution in [0.3, 0.4) is 0 Å². The first-order valence-electron chi connectivity index (χ1n) is 15.3. The van der Waals surface area contributed by atoms with Crippen LogP contribution in [-0.2, 0) is 14.3 Å². The lowest BCUT2D eigenvalue weighted by Gasteiger charge is -2.66. The van der Waals surface area contributed by atoms with Gasteiger partial charge in [-0.3, -0.25) is 9.78 Å². The molecule has 1 aromatic carbocycles. The number of halogens is 1. The maximum Gasteiger partial charge on any atom is 0.345 e. The molecule has 0 bridgehead atoms. The largest absolute Gasteiger partial charge is 0.482 e. The van der Waals surface area contributed by atoms with E-state index in [1.807, 2.05) is 6.92 Å². The second-order valence-corrected chi connectivity index (χ2v) is 13.5. The van der Waals surface area contributed by atoms with E-state index in [1.54, 1.807) is 30.6 Å². The third kappa shape index (κ3) is 5.03. The molecule has 9 nitrogen and oxygen atoms in total. The average Bonchev–Trinajstić information content (AvgIpc) is 2.99. The summed E-state index contributed by atoms with van der Waals surface area (Å²) < 4.78 is 38.0. The van der Waals surface area contributed by atoms with Gasteiger partial charge in [0.2, 0.25) is 0 Å². The average molecular weight is 620 g/mol. The second kappa shape index (κ2) is 11.1. The minimum Gasteiger partial charge on any atom is -0.482 e. The van der Waals surface area contributed by atoms with Crippen molar-refractivity contribution >= 4 is 11.9 Å². The molecule has 0 spiro atoms. The molecule has 3 aliphatic rings. The molecule has 2 fully saturated rings. The molecule has 1 aliphatic heterocycles. The van der Waals surface area contributed by atoms with Crippen LogP contribution in [0.5, 0.6) is 5.75 Å². The molecule has 2 saturated carbocycles. The maximum absolute atomic E-state index is 13.7. The zero-order valence-electron chi connectivity index (χ0n) is 26.0. The molecule has 2 aromatic heterocycles. The molecule has 6 rings (SSSR count). The van der Waals surface area contributed by atoms with E-state index in [0.29, 0.717) is 18.4 Å². The summed E-state index contributed by atoms with van der Waals surface area (Å²) in [6.07, 6.45) is 2.78. The molecule has 238 valence electrons. The van der Waals surface area contributed by atoms with E-state index in [2.05, 4.69) is 25.8 Å². The van der Waals surface area contributed by atoms with E-state index in [1.165, 1.54) is 31.2 Å². The third-order valence-electron chi connectivity index (χ3n) is 11.0. The summed E-state index contributed by atoms with van der Waals surface area (Å²) in [4.78, 5) is 43.2. The Hall–Kier alpha value is -4.05. The number of hydrogen-bond acceptors (Lipinski definition) is 9. The molecule has 2 unspecified atom stereocenters. The number of carbonyl (C=O) groups is 2. The monoisotopic (exact) mass is 619 g/mol. The van der Waals surface area contributed by atoms with Gasteiger partial charge in [-0.05, 0) is 79.8 Å². The Morgan fingerprint density at radius 2 is 1.89 bits per heavy atom. The number of ether oxygens (including phenoxy) is 3. The molecule has 0 saturated heterocycles. The summed E-state index contributed by atoms with van der Waals surface area (Å²) in [5.41, 5.74) is -2.44. The van der Waals surface area contributed by atoms with Crippen molar-refractivity contribution < 1.29 is 37.7 Å². The standard InChI is InChI=1S/C35H38FNO8/c1-19-12-13-33(3)26(34(19,4)18-42-20(2)38)16-27(44-31(40)21-8-10-23(36)11-9-21)35(5)30(33)29(39)28-25(45-35)15-24(43-32(28)41)22-7-6-14-37-17-22/h6-11,14-15,17,19,26-27,29-30,39H,12-13,16,18H2,1-5H3/t19-,26?,27-,29-,30?,33-,34+,35+/m0/s1. The van der Waals surface area contributed by atoms with Gasteiger partial charge in [0.15, 0.2) is 0 Å². The quantitative estimate of drug-likeness (QED) is 0.348. The fraction of sp³-hybridized carbons (Fsp3) is 0.486. The minimum atomic E-state index is -1.32. The molecule has 0 amide bonds. The van der Waals surface area contributed by atoms with Gasteiger partial charge in [0.05, 0.1) is 18.3 Å². The zero-order valence-corrected chi connectivity index (χ0v) is 26.0. The summed E-state index contributed by atoms with van der Waals surface area (Å²) >= 11 is 0. The van der Waals surface area contributed by atoms with Crippen LogP contribution in [0, 0.1) is 34.4 Å². The van der Waals surface area contributed by atoms with Gasteiger partial charge >= 0.3 is 17.6 Å². The molecule has 45 heavy (non-hydrogen) atoms. The van der Waals surface area contributed by atoms with Crippen LogP contribution in [0.2, 0.25) is 0 Å². The first-order valence-corrected chi connectivity index (χ1v) is 15.3. The molecule has 10 heteroatoms. The van der Waals surface area contributed by atoms with Gasteiger partial charge in [-0.15, -0.1) is 0 Å². The van der Waals surface area contributed by atoms with E-state index in [-0.39, 0.29) is 41.1 Å². The normalized spacial score (nSPS) is 33.5. The number of rotatable bonds is 5. The van der Waals surface area contributed by atoms with Crippen molar-refractivity contribution in [2.24, 2.45) is 28.6 Å². The van der Waals surface area contributed by atoms with Crippen molar-refractivity contribution in [1.82, 2.24) is 4.98 Å². The smallest absolute Gasteiger partial charge is 0.345 e. The maximum atomic E-state index is 13.7. The van der Waals surface area contributed by atoms with Gasteiger partial charge in [-0.1, -0.05) is 20.8 Å². The van der Waals surface area contributed by atoms with Crippen LogP contribution < -0.4 is 10.4 Å². The Balaban J connectivity index is 1.49. The molecule has 3 aromatic rings. The number of pyridine rings is 1. The SMILES string of the molecule is CC(=O)OC[C@@]1(C)C2C[C@H](OC(=O)c3ccc(F)cc3)[C@@]3(C)Oc4cc(-c5cccnc5)oc(=O)c4[C@H](O)C3[C@@]2(C)CC[C@@H]1C. The van der Waals surface area contributed by atoms with Gasteiger partial charge < -0.3 is 23.7 Å². The summed E-state index contributed by atoms with van der Waals surface area (Å²) in [5.74, 6) is -1.96. The number of esters is 2. The summed E-state index contributed by atoms with van der Waals surface area (Å²) in [7, 11) is 0. The lowest BCUT2D eigenvalue weighted by Crippen LogP contribution is -2.70. The lowest BCUT2D eigenvalue weighted by atomic mass is 9.41. The molecule has 8 atom stereocenters. The number of fused-ring (bicyclic) bond motifs is 4. The van der Waals surface area contributed by atoms with Crippen molar-refractivity contribution in [1.29, 1.82) is 0 Å². The Morgan fingerprint density at radius 3 is 2.56 bits per heavy atom. The van der Waals surface area contributed by atoms with Crippen LogP contribution in [-0.4, -0.2) is 40.3 Å². The highest BCUT2D eigenvalue weighted by Crippen LogP contribution is 2.68. The van der Waals surface area contributed by atoms with Crippen LogP contribution in [0.25, 0.3) is 11.3 Å². The highest BCUT2D eigenvalue weighted by molar-refractivity contribution is 5.89. The highest BCUT2D eigenvalue weighted by Gasteiger charge is 2.70. The van der Waals surface area contributed by atoms with E-state index in [9.17, 15) is 23.9 Å². The third-order valence-corrected chi connectivity index (χ3v) is 11.0. The zero-order chi connectivity index (χ0) is 32.3. The number of aromatic nitrogens is 1. The van der Waals surface area contributed by atoms with Crippen molar-refractivity contribution in [3.63, 3.8) is 0 Å². The molecule has 3 heterocycles. The van der Waals surface area contributed by atoms with Gasteiger partial charge in [-0.25, -0.2) is 14.0 Å². The Morgan fingerprint density at radius 1 is 1.16 bits per heavy atom. The number of benzene rings is 1. The summed E-state index contributed by atoms with van der Waals surface area (Å²) in [6.45, 7) is 9.61. The lowest BCUT2D eigenvalue weighted by molar-refractivity contribution is -0.257. The van der Waals surface area contributed by atoms with Crippen molar-refractivity contribution in [2.75, 3.05) is 6.61 Å². The first-order chi connectivity index (χ1) is 21.3. The Kier molecular flexibility index (Phi) is 7.62. The van der Waals surface area contributed by atoms with E-state index < -0.39 is 57.9 Å². The topological polar surface area (TPSA) is 125 Å². The minimum absolute atomic E-state index is 0.0101. The molecular weight excluding hydrogens is 581 g/mol. The van der Waals surface area contributed by atoms with E-state index in [4.69, 9.17) is 18.6 Å². The predicted octanol–water partition coefficient (Wildman–Crippen LogP) is 5.89. The summed E-state index contributed by atoms with van der Waals surface area (Å²) in [6, 6.07) is 10.1. The Bertz CT molecular complexity index is 1680. The summed E-state index contributed by atoms with van der Waals surface area (Å²) in [5, 5.41) is 12.2. The van der Waals surface area contributed by atoms with Crippen molar-refractivity contribution in [3.05, 3.63) is 82.2 Å². The van der Waals surface area contributed by atoms with Gasteiger partial charge in [-0.2, -0.15) is 0 Å².